The number of hydrogen-bond donors (Lipinski definition) is 2. The molecule has 0 unspecified atom stereocenters. The quantitative estimate of drug-likeness (QED) is 0.162. The van der Waals surface area contributed by atoms with Crippen molar-refractivity contribution in [2.45, 2.75) is 13.0 Å². The molecule has 3 N–H and O–H groups in total. The number of morpholine rings is 1. The second-order valence-corrected chi connectivity index (χ2v) is 10.5. The maximum Gasteiger partial charge on any atom is 0.338 e. The third-order valence-electron chi connectivity index (χ3n) is 6.10. The van der Waals surface area contributed by atoms with Crippen LogP contribution in [0.1, 0.15) is 21.5 Å². The molecule has 1 heterocycles. The van der Waals surface area contributed by atoms with Gasteiger partial charge in [-0.1, -0.05) is 47.5 Å². The molecule has 0 spiro atoms. The number of hydrogen-bond acceptors (Lipinski definition) is 8. The van der Waals surface area contributed by atoms with Crippen LogP contribution in [-0.2, 0) is 32.0 Å². The Bertz CT molecular complexity index is 1310. The minimum Gasteiger partial charge on any atom is -0.462 e. The highest BCUT2D eigenvalue weighted by Gasteiger charge is 2.18. The molecule has 11 heteroatoms. The van der Waals surface area contributed by atoms with E-state index in [9.17, 15) is 9.59 Å². The standard InChI is InChI=1S/C28H28BrCl2N3O5/c29-21-15-19(14-20(26(21)32)17-34-8-10-37-11-9-34)28(36)39-13-12-38-25(35)16-18-4-1-2-7-24(18)33-27-22(30)5-3-6-23(27)31/h1-7,14-15,33H,8-13,16-17,32H2. The number of carbonyl (C=O) groups excluding carboxylic acids is 2. The van der Waals surface area contributed by atoms with Gasteiger partial charge in [0.1, 0.15) is 13.2 Å². The predicted octanol–water partition coefficient (Wildman–Crippen LogP) is 5.86. The molecule has 3 aromatic carbocycles. The summed E-state index contributed by atoms with van der Waals surface area (Å²) in [6, 6.07) is 15.8. The van der Waals surface area contributed by atoms with Crippen molar-refractivity contribution in [2.24, 2.45) is 0 Å². The van der Waals surface area contributed by atoms with Crippen LogP contribution in [0.5, 0.6) is 0 Å². The molecule has 1 aliphatic heterocycles. The fourth-order valence-corrected chi connectivity index (χ4v) is 5.04. The molecule has 0 aromatic heterocycles. The van der Waals surface area contributed by atoms with Crippen LogP contribution in [-0.4, -0.2) is 56.4 Å². The van der Waals surface area contributed by atoms with Gasteiger partial charge in [-0.15, -0.1) is 0 Å². The van der Waals surface area contributed by atoms with Crippen molar-refractivity contribution in [1.82, 2.24) is 4.90 Å². The van der Waals surface area contributed by atoms with E-state index >= 15 is 0 Å². The Morgan fingerprint density at radius 1 is 0.974 bits per heavy atom. The van der Waals surface area contributed by atoms with E-state index in [1.165, 1.54) is 0 Å². The summed E-state index contributed by atoms with van der Waals surface area (Å²) in [5.41, 5.74) is 9.93. The van der Waals surface area contributed by atoms with Crippen molar-refractivity contribution in [1.29, 1.82) is 0 Å². The zero-order chi connectivity index (χ0) is 27.8. The third-order valence-corrected chi connectivity index (χ3v) is 7.39. The molecule has 4 rings (SSSR count). The van der Waals surface area contributed by atoms with Crippen LogP contribution in [0.2, 0.25) is 10.0 Å². The summed E-state index contributed by atoms with van der Waals surface area (Å²) in [4.78, 5) is 27.4. The number of carbonyl (C=O) groups is 2. The van der Waals surface area contributed by atoms with E-state index in [1.54, 1.807) is 30.3 Å². The summed E-state index contributed by atoms with van der Waals surface area (Å²) in [7, 11) is 0. The predicted molar refractivity (Wildman–Crippen MR) is 156 cm³/mol. The largest absolute Gasteiger partial charge is 0.462 e. The summed E-state index contributed by atoms with van der Waals surface area (Å²) < 4.78 is 16.7. The van der Waals surface area contributed by atoms with Crippen LogP contribution < -0.4 is 11.1 Å². The maximum absolute atomic E-state index is 12.7. The first-order chi connectivity index (χ1) is 18.8. The molecular formula is C28H28BrCl2N3O5. The molecule has 39 heavy (non-hydrogen) atoms. The van der Waals surface area contributed by atoms with Gasteiger partial charge in [-0.2, -0.15) is 0 Å². The number of rotatable bonds is 10. The number of ether oxygens (including phenoxy) is 3. The van der Waals surface area contributed by atoms with Gasteiger partial charge in [0.15, 0.2) is 0 Å². The zero-order valence-corrected chi connectivity index (χ0v) is 24.2. The van der Waals surface area contributed by atoms with E-state index in [2.05, 4.69) is 26.1 Å². The SMILES string of the molecule is Nc1c(Br)cc(C(=O)OCCOC(=O)Cc2ccccc2Nc2c(Cl)cccc2Cl)cc1CN1CCOCC1. The van der Waals surface area contributed by atoms with Crippen LogP contribution in [0.3, 0.4) is 0 Å². The van der Waals surface area contributed by atoms with Gasteiger partial charge >= 0.3 is 11.9 Å². The molecule has 0 aliphatic carbocycles. The normalized spacial score (nSPS) is 13.6. The minimum absolute atomic E-state index is 0.00893. The summed E-state index contributed by atoms with van der Waals surface area (Å²) in [6.07, 6.45) is 0.00893. The fourth-order valence-electron chi connectivity index (χ4n) is 4.05. The van der Waals surface area contributed by atoms with Crippen molar-refractivity contribution < 1.29 is 23.8 Å². The van der Waals surface area contributed by atoms with Gasteiger partial charge in [-0.25, -0.2) is 4.79 Å². The lowest BCUT2D eigenvalue weighted by atomic mass is 10.1. The van der Waals surface area contributed by atoms with Crippen molar-refractivity contribution >= 4 is 68.1 Å². The van der Waals surface area contributed by atoms with Crippen LogP contribution in [0.4, 0.5) is 17.1 Å². The molecule has 0 amide bonds. The van der Waals surface area contributed by atoms with Crippen LogP contribution in [0.25, 0.3) is 0 Å². The fraction of sp³-hybridized carbons (Fsp3) is 0.286. The van der Waals surface area contributed by atoms with Crippen molar-refractivity contribution in [3.63, 3.8) is 0 Å². The number of anilines is 3. The number of halogens is 3. The average molecular weight is 637 g/mol. The molecule has 0 saturated carbocycles. The Morgan fingerprint density at radius 2 is 1.67 bits per heavy atom. The van der Waals surface area contributed by atoms with E-state index < -0.39 is 11.9 Å². The van der Waals surface area contributed by atoms with Gasteiger partial charge in [0, 0.05) is 29.8 Å². The van der Waals surface area contributed by atoms with Crippen LogP contribution in [0.15, 0.2) is 59.1 Å². The molecule has 0 atom stereocenters. The van der Waals surface area contributed by atoms with E-state index in [0.717, 1.165) is 18.7 Å². The summed E-state index contributed by atoms with van der Waals surface area (Å²) in [5, 5.41) is 4.11. The van der Waals surface area contributed by atoms with Gasteiger partial charge in [-0.05, 0) is 57.4 Å². The molecule has 0 radical (unpaired) electrons. The van der Waals surface area contributed by atoms with Gasteiger partial charge in [0.05, 0.1) is 46.6 Å². The summed E-state index contributed by atoms with van der Waals surface area (Å²) in [6.45, 7) is 3.37. The zero-order valence-electron chi connectivity index (χ0n) is 21.1. The Labute approximate surface area is 245 Å². The minimum atomic E-state index is -0.527. The third kappa shape index (κ3) is 8.09. The van der Waals surface area contributed by atoms with Gasteiger partial charge < -0.3 is 25.3 Å². The number of para-hydroxylation sites is 2. The second kappa shape index (κ2) is 14.0. The molecular weight excluding hydrogens is 609 g/mol. The number of benzene rings is 3. The first kappa shape index (κ1) is 29.2. The lowest BCUT2D eigenvalue weighted by Gasteiger charge is -2.27. The molecule has 206 valence electrons. The number of nitrogens with one attached hydrogen (secondary N) is 1. The molecule has 1 aliphatic rings. The van der Waals surface area contributed by atoms with Gasteiger partial charge in [-0.3, -0.25) is 9.69 Å². The lowest BCUT2D eigenvalue weighted by Crippen LogP contribution is -2.35. The van der Waals surface area contributed by atoms with Crippen molar-refractivity contribution in [3.05, 3.63) is 85.8 Å². The van der Waals surface area contributed by atoms with Crippen molar-refractivity contribution in [2.75, 3.05) is 50.6 Å². The summed E-state index contributed by atoms with van der Waals surface area (Å²) >= 11 is 16.0. The highest BCUT2D eigenvalue weighted by molar-refractivity contribution is 9.10. The first-order valence-corrected chi connectivity index (χ1v) is 13.9. The van der Waals surface area contributed by atoms with Gasteiger partial charge in [0.25, 0.3) is 0 Å². The smallest absolute Gasteiger partial charge is 0.338 e. The first-order valence-electron chi connectivity index (χ1n) is 12.3. The summed E-state index contributed by atoms with van der Waals surface area (Å²) in [5.74, 6) is -0.991. The number of nitrogens with two attached hydrogens (primary N) is 1. The highest BCUT2D eigenvalue weighted by atomic mass is 79.9. The molecule has 1 saturated heterocycles. The Kier molecular flexibility index (Phi) is 10.5. The van der Waals surface area contributed by atoms with Gasteiger partial charge in [0.2, 0.25) is 0 Å². The maximum atomic E-state index is 12.7. The molecule has 0 bridgehead atoms. The van der Waals surface area contributed by atoms with Crippen molar-refractivity contribution in [3.8, 4) is 0 Å². The Morgan fingerprint density at radius 3 is 2.41 bits per heavy atom. The number of esters is 2. The molecule has 3 aromatic rings. The van der Waals surface area contributed by atoms with E-state index in [1.807, 2.05) is 24.3 Å². The molecule has 8 nitrogen and oxygen atoms in total. The van der Waals surface area contributed by atoms with Crippen LogP contribution >= 0.6 is 39.1 Å². The Balaban J connectivity index is 1.28. The topological polar surface area (TPSA) is 103 Å². The van der Waals surface area contributed by atoms with E-state index in [4.69, 9.17) is 43.1 Å². The van der Waals surface area contributed by atoms with Crippen LogP contribution in [0, 0.1) is 0 Å². The highest BCUT2D eigenvalue weighted by Crippen LogP contribution is 2.33. The molecule has 1 fully saturated rings. The van der Waals surface area contributed by atoms with E-state index in [-0.39, 0.29) is 19.6 Å². The number of nitrogens with zero attached hydrogens (tertiary/aromatic N) is 1. The monoisotopic (exact) mass is 635 g/mol. The lowest BCUT2D eigenvalue weighted by molar-refractivity contribution is -0.143. The average Bonchev–Trinajstić information content (AvgIpc) is 2.92. The van der Waals surface area contributed by atoms with E-state index in [0.29, 0.717) is 62.5 Å². The number of nitrogen functional groups attached to an aromatic ring is 1. The Hall–Kier alpha value is -2.82. The second-order valence-electron chi connectivity index (χ2n) is 8.83.